The van der Waals surface area contributed by atoms with Gasteiger partial charge in [0.05, 0.1) is 6.61 Å². The van der Waals surface area contributed by atoms with E-state index in [0.29, 0.717) is 6.04 Å². The van der Waals surface area contributed by atoms with Gasteiger partial charge < -0.3 is 10.1 Å². The van der Waals surface area contributed by atoms with Gasteiger partial charge in [-0.1, -0.05) is 19.1 Å². The lowest BCUT2D eigenvalue weighted by atomic mass is 10.1. The molecule has 2 aromatic rings. The number of hydrogen-bond acceptors (Lipinski definition) is 3. The summed E-state index contributed by atoms with van der Waals surface area (Å²) in [6.07, 6.45) is 0.985. The molecule has 0 aliphatic rings. The quantitative estimate of drug-likeness (QED) is 0.811. The van der Waals surface area contributed by atoms with Crippen LogP contribution in [0.5, 0.6) is 5.75 Å². The number of hydrogen-bond donors (Lipinski definition) is 1. The molecule has 1 heterocycles. The van der Waals surface area contributed by atoms with Crippen LogP contribution in [0.25, 0.3) is 0 Å². The summed E-state index contributed by atoms with van der Waals surface area (Å²) in [5.74, 6) is 0.960. The van der Waals surface area contributed by atoms with E-state index < -0.39 is 0 Å². The molecule has 0 fully saturated rings. The highest BCUT2D eigenvalue weighted by Gasteiger charge is 2.13. The molecule has 0 saturated heterocycles. The number of aryl methyl sites for hydroxylation is 2. The molecule has 2 rings (SSSR count). The van der Waals surface area contributed by atoms with Gasteiger partial charge in [-0.2, -0.15) is 0 Å². The fraction of sp³-hybridized carbons (Fsp3) is 0.412. The minimum Gasteiger partial charge on any atom is -0.494 e. The first-order chi connectivity index (χ1) is 9.70. The average Bonchev–Trinajstić information content (AvgIpc) is 2.84. The van der Waals surface area contributed by atoms with Crippen molar-refractivity contribution in [2.45, 2.75) is 33.2 Å². The smallest absolute Gasteiger partial charge is 0.119 e. The Balaban J connectivity index is 1.91. The molecule has 0 aliphatic heterocycles. The van der Waals surface area contributed by atoms with Crippen molar-refractivity contribution in [1.82, 2.24) is 5.32 Å². The van der Waals surface area contributed by atoms with E-state index in [0.717, 1.165) is 25.3 Å². The molecule has 0 amide bonds. The van der Waals surface area contributed by atoms with Gasteiger partial charge in [0.25, 0.3) is 0 Å². The maximum Gasteiger partial charge on any atom is 0.119 e. The highest BCUT2D eigenvalue weighted by Crippen LogP contribution is 2.25. The van der Waals surface area contributed by atoms with Crippen LogP contribution in [0.4, 0.5) is 0 Å². The van der Waals surface area contributed by atoms with Crippen molar-refractivity contribution in [1.29, 1.82) is 0 Å². The minimum atomic E-state index is 0.385. The lowest BCUT2D eigenvalue weighted by Gasteiger charge is -2.18. The molecule has 1 aromatic carbocycles. The fourth-order valence-electron chi connectivity index (χ4n) is 2.37. The maximum absolute atomic E-state index is 5.86. The van der Waals surface area contributed by atoms with Crippen molar-refractivity contribution >= 4 is 11.3 Å². The summed E-state index contributed by atoms with van der Waals surface area (Å²) in [5, 5.41) is 5.71. The molecule has 3 heteroatoms. The van der Waals surface area contributed by atoms with Crippen molar-refractivity contribution < 1.29 is 4.74 Å². The summed E-state index contributed by atoms with van der Waals surface area (Å²) in [4.78, 5) is 1.39. The second-order valence-corrected chi connectivity index (χ2v) is 6.12. The number of benzene rings is 1. The van der Waals surface area contributed by atoms with E-state index in [1.54, 1.807) is 0 Å². The first-order valence-corrected chi connectivity index (χ1v) is 8.05. The fourth-order valence-corrected chi connectivity index (χ4v) is 3.14. The Labute approximate surface area is 125 Å². The van der Waals surface area contributed by atoms with Crippen LogP contribution in [0.1, 0.15) is 35.4 Å². The third-order valence-electron chi connectivity index (χ3n) is 3.39. The Morgan fingerprint density at radius 2 is 2.10 bits per heavy atom. The van der Waals surface area contributed by atoms with Crippen molar-refractivity contribution in [3.63, 3.8) is 0 Å². The van der Waals surface area contributed by atoms with E-state index in [-0.39, 0.29) is 0 Å². The van der Waals surface area contributed by atoms with E-state index in [2.05, 4.69) is 49.7 Å². The predicted molar refractivity (Wildman–Crippen MR) is 86.8 cm³/mol. The maximum atomic E-state index is 5.86. The van der Waals surface area contributed by atoms with Gasteiger partial charge in [0, 0.05) is 17.3 Å². The van der Waals surface area contributed by atoms with Crippen LogP contribution >= 0.6 is 11.3 Å². The first kappa shape index (κ1) is 15.1. The zero-order chi connectivity index (χ0) is 14.4. The summed E-state index contributed by atoms with van der Waals surface area (Å²) in [6.45, 7) is 8.13. The van der Waals surface area contributed by atoms with E-state index in [1.807, 2.05) is 23.5 Å². The van der Waals surface area contributed by atoms with Gasteiger partial charge in [-0.25, -0.2) is 0 Å². The third-order valence-corrected chi connectivity index (χ3v) is 4.25. The van der Waals surface area contributed by atoms with Crippen LogP contribution < -0.4 is 10.1 Å². The van der Waals surface area contributed by atoms with E-state index >= 15 is 0 Å². The summed E-state index contributed by atoms with van der Waals surface area (Å²) in [6, 6.07) is 10.8. The molecule has 0 radical (unpaired) electrons. The van der Waals surface area contributed by atoms with Crippen LogP contribution in [-0.4, -0.2) is 13.2 Å². The average molecular weight is 289 g/mol. The monoisotopic (exact) mass is 289 g/mol. The van der Waals surface area contributed by atoms with E-state index in [9.17, 15) is 0 Å². The Hall–Kier alpha value is -1.32. The Morgan fingerprint density at radius 1 is 1.25 bits per heavy atom. The van der Waals surface area contributed by atoms with Crippen molar-refractivity contribution in [3.8, 4) is 5.75 Å². The number of rotatable bonds is 7. The summed E-state index contributed by atoms with van der Waals surface area (Å²) >= 11 is 1.81. The molecule has 2 nitrogen and oxygen atoms in total. The molecule has 1 N–H and O–H groups in total. The van der Waals surface area contributed by atoms with Crippen molar-refractivity contribution in [2.75, 3.05) is 13.2 Å². The Kier molecular flexibility index (Phi) is 5.62. The second kappa shape index (κ2) is 7.46. The van der Waals surface area contributed by atoms with Gasteiger partial charge >= 0.3 is 0 Å². The molecular weight excluding hydrogens is 266 g/mol. The molecule has 0 spiro atoms. The van der Waals surface area contributed by atoms with Gasteiger partial charge in [0.15, 0.2) is 0 Å². The van der Waals surface area contributed by atoms with E-state index in [1.165, 1.54) is 16.0 Å². The summed E-state index contributed by atoms with van der Waals surface area (Å²) < 4.78 is 5.86. The lowest BCUT2D eigenvalue weighted by molar-refractivity contribution is 0.287. The Morgan fingerprint density at radius 3 is 2.75 bits per heavy atom. The van der Waals surface area contributed by atoms with Crippen molar-refractivity contribution in [3.05, 3.63) is 51.7 Å². The molecule has 20 heavy (non-hydrogen) atoms. The van der Waals surface area contributed by atoms with Crippen LogP contribution in [0, 0.1) is 13.8 Å². The molecule has 0 bridgehead atoms. The van der Waals surface area contributed by atoms with Crippen molar-refractivity contribution in [2.24, 2.45) is 0 Å². The molecular formula is C17H23NOS. The predicted octanol–water partition coefficient (Wildman–Crippen LogP) is 4.48. The topological polar surface area (TPSA) is 21.3 Å². The third kappa shape index (κ3) is 4.09. The van der Waals surface area contributed by atoms with Gasteiger partial charge in [-0.3, -0.25) is 0 Å². The van der Waals surface area contributed by atoms with Gasteiger partial charge in [-0.05, 0) is 55.1 Å². The number of nitrogens with one attached hydrogen (secondary N) is 1. The van der Waals surface area contributed by atoms with Gasteiger partial charge in [0.2, 0.25) is 0 Å². The SMILES string of the molecule is CCNC(CCOc1cccc(C)c1)c1ccsc1C. The van der Waals surface area contributed by atoms with Crippen LogP contribution in [0.15, 0.2) is 35.7 Å². The van der Waals surface area contributed by atoms with Gasteiger partial charge in [0.1, 0.15) is 5.75 Å². The first-order valence-electron chi connectivity index (χ1n) is 7.17. The highest BCUT2D eigenvalue weighted by atomic mass is 32.1. The number of ether oxygens (including phenoxy) is 1. The lowest BCUT2D eigenvalue weighted by Crippen LogP contribution is -2.23. The number of thiophene rings is 1. The molecule has 0 aliphatic carbocycles. The summed E-state index contributed by atoms with van der Waals surface area (Å²) in [7, 11) is 0. The largest absolute Gasteiger partial charge is 0.494 e. The minimum absolute atomic E-state index is 0.385. The van der Waals surface area contributed by atoms with Gasteiger partial charge in [-0.15, -0.1) is 11.3 Å². The molecule has 108 valence electrons. The Bertz CT molecular complexity index is 535. The molecule has 0 saturated carbocycles. The van der Waals surface area contributed by atoms with Crippen LogP contribution in [0.3, 0.4) is 0 Å². The van der Waals surface area contributed by atoms with E-state index in [4.69, 9.17) is 4.74 Å². The standard InChI is InChI=1S/C17H23NOS/c1-4-18-17(16-9-11-20-14(16)3)8-10-19-15-7-5-6-13(2)12-15/h5-7,9,11-12,17-18H,4,8,10H2,1-3H3. The van der Waals surface area contributed by atoms with Crippen LogP contribution in [-0.2, 0) is 0 Å². The molecule has 1 unspecified atom stereocenters. The summed E-state index contributed by atoms with van der Waals surface area (Å²) in [5.41, 5.74) is 2.64. The normalized spacial score (nSPS) is 12.3. The second-order valence-electron chi connectivity index (χ2n) is 5.00. The molecule has 1 atom stereocenters. The molecule has 1 aromatic heterocycles. The zero-order valence-electron chi connectivity index (χ0n) is 12.5. The van der Waals surface area contributed by atoms with Crippen LogP contribution in [0.2, 0.25) is 0 Å². The highest BCUT2D eigenvalue weighted by molar-refractivity contribution is 7.10. The zero-order valence-corrected chi connectivity index (χ0v) is 13.3.